The van der Waals surface area contributed by atoms with Crippen LogP contribution < -0.4 is 10.1 Å². The standard InChI is InChI=1S/C30H39F3N4O3/c1-3-4-5-12-28(38)36(17-8-10-24-9-6-7-11-27(24)40-2)21-18-35-19-22-37(23-20-35)29(39)34-26-15-13-25(14-16-26)30(31,32)33/h6-11,13-16H,3-5,12,17-23H2,1-2H3,(H,34,39)/b10-8+. The molecule has 2 aromatic carbocycles. The Bertz CT molecular complexity index is 1110. The van der Waals surface area contributed by atoms with Crippen LogP contribution in [0.3, 0.4) is 0 Å². The van der Waals surface area contributed by atoms with Gasteiger partial charge in [0.15, 0.2) is 0 Å². The Morgan fingerprint density at radius 3 is 2.38 bits per heavy atom. The first-order chi connectivity index (χ1) is 19.2. The van der Waals surface area contributed by atoms with Crippen molar-refractivity contribution >= 4 is 23.7 Å². The minimum atomic E-state index is -4.42. The van der Waals surface area contributed by atoms with Crippen molar-refractivity contribution in [1.29, 1.82) is 0 Å². The van der Waals surface area contributed by atoms with Crippen LogP contribution in [0.2, 0.25) is 0 Å². The third-order valence-corrected chi connectivity index (χ3v) is 6.92. The van der Waals surface area contributed by atoms with E-state index in [2.05, 4.69) is 17.1 Å². The zero-order valence-corrected chi connectivity index (χ0v) is 23.3. The zero-order valence-electron chi connectivity index (χ0n) is 23.3. The van der Waals surface area contributed by atoms with Crippen LogP contribution in [0.1, 0.15) is 43.7 Å². The van der Waals surface area contributed by atoms with E-state index in [9.17, 15) is 22.8 Å². The maximum absolute atomic E-state index is 13.0. The van der Waals surface area contributed by atoms with Crippen molar-refractivity contribution in [3.05, 3.63) is 65.7 Å². The van der Waals surface area contributed by atoms with E-state index in [1.54, 1.807) is 12.0 Å². The molecule has 0 bridgehead atoms. The van der Waals surface area contributed by atoms with E-state index < -0.39 is 11.7 Å². The molecule has 3 rings (SSSR count). The largest absolute Gasteiger partial charge is 0.496 e. The summed E-state index contributed by atoms with van der Waals surface area (Å²) in [4.78, 5) is 31.3. The van der Waals surface area contributed by atoms with Gasteiger partial charge in [0.1, 0.15) is 5.75 Å². The summed E-state index contributed by atoms with van der Waals surface area (Å²) in [6.45, 7) is 6.16. The number of carbonyl (C=O) groups is 2. The van der Waals surface area contributed by atoms with Crippen LogP contribution in [0.25, 0.3) is 6.08 Å². The third-order valence-electron chi connectivity index (χ3n) is 6.92. The molecular formula is C30H39F3N4O3. The number of ether oxygens (including phenoxy) is 1. The van der Waals surface area contributed by atoms with Gasteiger partial charge in [0.05, 0.1) is 12.7 Å². The Labute approximate surface area is 234 Å². The average molecular weight is 561 g/mol. The molecule has 0 aromatic heterocycles. The van der Waals surface area contributed by atoms with Gasteiger partial charge in [-0.05, 0) is 36.8 Å². The predicted molar refractivity (Wildman–Crippen MR) is 151 cm³/mol. The number of benzene rings is 2. The Balaban J connectivity index is 1.49. The molecule has 0 unspecified atom stereocenters. The minimum Gasteiger partial charge on any atom is -0.496 e. The van der Waals surface area contributed by atoms with Gasteiger partial charge in [-0.3, -0.25) is 9.69 Å². The summed E-state index contributed by atoms with van der Waals surface area (Å²) < 4.78 is 43.7. The van der Waals surface area contributed by atoms with Crippen LogP contribution in [0.15, 0.2) is 54.6 Å². The van der Waals surface area contributed by atoms with Gasteiger partial charge in [-0.1, -0.05) is 50.1 Å². The third kappa shape index (κ3) is 9.59. The molecule has 2 aromatic rings. The van der Waals surface area contributed by atoms with E-state index in [-0.39, 0.29) is 11.9 Å². The summed E-state index contributed by atoms with van der Waals surface area (Å²) in [7, 11) is 1.63. The monoisotopic (exact) mass is 560 g/mol. The first-order valence-electron chi connectivity index (χ1n) is 13.7. The number of nitrogens with zero attached hydrogens (tertiary/aromatic N) is 3. The fraction of sp³-hybridized carbons (Fsp3) is 0.467. The summed E-state index contributed by atoms with van der Waals surface area (Å²) in [6, 6.07) is 11.8. The molecule has 3 amide bonds. The molecule has 0 atom stereocenters. The molecular weight excluding hydrogens is 521 g/mol. The van der Waals surface area contributed by atoms with E-state index >= 15 is 0 Å². The number of methoxy groups -OCH3 is 1. The first-order valence-corrected chi connectivity index (χ1v) is 13.7. The van der Waals surface area contributed by atoms with Crippen molar-refractivity contribution in [3.63, 3.8) is 0 Å². The second-order valence-corrected chi connectivity index (χ2v) is 9.78. The number of para-hydroxylation sites is 1. The van der Waals surface area contributed by atoms with Gasteiger partial charge >= 0.3 is 12.2 Å². The molecule has 1 saturated heterocycles. The van der Waals surface area contributed by atoms with Gasteiger partial charge in [-0.25, -0.2) is 4.79 Å². The second-order valence-electron chi connectivity index (χ2n) is 9.78. The SMILES string of the molecule is CCCCCC(=O)N(C/C=C/c1ccccc1OC)CCN1CCN(C(=O)Nc2ccc(C(F)(F)F)cc2)CC1. The maximum Gasteiger partial charge on any atom is 0.416 e. The fourth-order valence-corrected chi connectivity index (χ4v) is 4.49. The van der Waals surface area contributed by atoms with E-state index in [1.807, 2.05) is 41.3 Å². The topological polar surface area (TPSA) is 65.1 Å². The number of piperazine rings is 1. The molecule has 1 aliphatic heterocycles. The number of rotatable bonds is 12. The second kappa shape index (κ2) is 15.3. The van der Waals surface area contributed by atoms with Gasteiger partial charge in [0.2, 0.25) is 5.91 Å². The van der Waals surface area contributed by atoms with Crippen molar-refractivity contribution in [2.75, 3.05) is 58.2 Å². The van der Waals surface area contributed by atoms with E-state index in [1.165, 1.54) is 12.1 Å². The van der Waals surface area contributed by atoms with Crippen molar-refractivity contribution < 1.29 is 27.5 Å². The van der Waals surface area contributed by atoms with Crippen molar-refractivity contribution in [2.24, 2.45) is 0 Å². The number of alkyl halides is 3. The first kappa shape index (κ1) is 31.0. The minimum absolute atomic E-state index is 0.132. The maximum atomic E-state index is 13.0. The lowest BCUT2D eigenvalue weighted by Gasteiger charge is -2.35. The highest BCUT2D eigenvalue weighted by Crippen LogP contribution is 2.30. The molecule has 1 aliphatic rings. The molecule has 1 heterocycles. The van der Waals surface area contributed by atoms with Crippen molar-refractivity contribution in [1.82, 2.24) is 14.7 Å². The van der Waals surface area contributed by atoms with E-state index in [0.717, 1.165) is 42.7 Å². The van der Waals surface area contributed by atoms with Crippen molar-refractivity contribution in [2.45, 2.75) is 38.8 Å². The Hall–Kier alpha value is -3.53. The molecule has 7 nitrogen and oxygen atoms in total. The number of unbranched alkanes of at least 4 members (excludes halogenated alkanes) is 2. The molecule has 0 saturated carbocycles. The van der Waals surface area contributed by atoms with Gasteiger partial charge in [-0.2, -0.15) is 13.2 Å². The molecule has 1 N–H and O–H groups in total. The number of hydrogen-bond donors (Lipinski definition) is 1. The van der Waals surface area contributed by atoms with Gasteiger partial charge in [0, 0.05) is 63.5 Å². The fourth-order valence-electron chi connectivity index (χ4n) is 4.49. The predicted octanol–water partition coefficient (Wildman–Crippen LogP) is 5.99. The van der Waals surface area contributed by atoms with Crippen molar-refractivity contribution in [3.8, 4) is 5.75 Å². The summed E-state index contributed by atoms with van der Waals surface area (Å²) in [5.41, 5.74) is 0.514. The molecule has 0 aliphatic carbocycles. The average Bonchev–Trinajstić information content (AvgIpc) is 2.95. The molecule has 10 heteroatoms. The number of halogens is 3. The van der Waals surface area contributed by atoms with Crippen LogP contribution >= 0.6 is 0 Å². The quantitative estimate of drug-likeness (QED) is 0.324. The Morgan fingerprint density at radius 1 is 1.02 bits per heavy atom. The van der Waals surface area contributed by atoms with Gasteiger partial charge in [-0.15, -0.1) is 0 Å². The lowest BCUT2D eigenvalue weighted by Crippen LogP contribution is -2.51. The Morgan fingerprint density at radius 2 is 1.73 bits per heavy atom. The summed E-state index contributed by atoms with van der Waals surface area (Å²) >= 11 is 0. The number of nitrogens with one attached hydrogen (secondary N) is 1. The number of hydrogen-bond acceptors (Lipinski definition) is 4. The highest BCUT2D eigenvalue weighted by molar-refractivity contribution is 5.89. The number of amides is 3. The number of urea groups is 1. The van der Waals surface area contributed by atoms with Gasteiger partial charge in [0.25, 0.3) is 0 Å². The number of carbonyl (C=O) groups excluding carboxylic acids is 2. The molecule has 40 heavy (non-hydrogen) atoms. The van der Waals surface area contributed by atoms with Crippen LogP contribution in [0.5, 0.6) is 5.75 Å². The van der Waals surface area contributed by atoms with Crippen LogP contribution in [0, 0.1) is 0 Å². The van der Waals surface area contributed by atoms with Gasteiger partial charge < -0.3 is 19.9 Å². The smallest absolute Gasteiger partial charge is 0.416 e. The highest BCUT2D eigenvalue weighted by Gasteiger charge is 2.30. The van der Waals surface area contributed by atoms with Crippen LogP contribution in [-0.4, -0.2) is 79.6 Å². The van der Waals surface area contributed by atoms with Crippen LogP contribution in [-0.2, 0) is 11.0 Å². The Kier molecular flexibility index (Phi) is 11.9. The highest BCUT2D eigenvalue weighted by atomic mass is 19.4. The lowest BCUT2D eigenvalue weighted by molar-refractivity contribution is -0.137. The molecule has 1 fully saturated rings. The normalized spacial score (nSPS) is 14.4. The van der Waals surface area contributed by atoms with E-state index in [0.29, 0.717) is 57.9 Å². The molecule has 218 valence electrons. The number of anilines is 1. The summed E-state index contributed by atoms with van der Waals surface area (Å²) in [6.07, 6.45) is 3.01. The molecule has 0 radical (unpaired) electrons. The summed E-state index contributed by atoms with van der Waals surface area (Å²) in [5.74, 6) is 0.910. The zero-order chi connectivity index (χ0) is 29.0. The lowest BCUT2D eigenvalue weighted by atomic mass is 10.1. The van der Waals surface area contributed by atoms with Crippen LogP contribution in [0.4, 0.5) is 23.7 Å². The van der Waals surface area contributed by atoms with E-state index in [4.69, 9.17) is 4.74 Å². The molecule has 0 spiro atoms. The summed E-state index contributed by atoms with van der Waals surface area (Å²) in [5, 5.41) is 2.67.